The molecule has 3 aromatic rings. The van der Waals surface area contributed by atoms with Gasteiger partial charge in [0.25, 0.3) is 0 Å². The molecule has 4 rings (SSSR count). The summed E-state index contributed by atoms with van der Waals surface area (Å²) < 4.78 is 1.88. The normalized spacial score (nSPS) is 16.7. The van der Waals surface area contributed by atoms with Gasteiger partial charge < -0.3 is 10.6 Å². The van der Waals surface area contributed by atoms with Gasteiger partial charge in [-0.05, 0) is 37.8 Å². The van der Waals surface area contributed by atoms with Crippen molar-refractivity contribution in [3.05, 3.63) is 46.8 Å². The second-order valence-corrected chi connectivity index (χ2v) is 6.94. The summed E-state index contributed by atoms with van der Waals surface area (Å²) >= 11 is 1.58. The number of thiazole rings is 1. The van der Waals surface area contributed by atoms with E-state index in [9.17, 15) is 4.79 Å². The fraction of sp³-hybridized carbons (Fsp3) is 0.375. The van der Waals surface area contributed by atoms with E-state index in [0.29, 0.717) is 11.7 Å². The maximum absolute atomic E-state index is 12.4. The molecule has 7 nitrogen and oxygen atoms in total. The van der Waals surface area contributed by atoms with E-state index in [1.54, 1.807) is 17.5 Å². The maximum atomic E-state index is 12.4. The highest BCUT2D eigenvalue weighted by Gasteiger charge is 2.35. The molecule has 8 heteroatoms. The maximum Gasteiger partial charge on any atom is 0.315 e. The summed E-state index contributed by atoms with van der Waals surface area (Å²) in [7, 11) is 0. The zero-order valence-electron chi connectivity index (χ0n) is 13.2. The lowest BCUT2D eigenvalue weighted by Gasteiger charge is -2.18. The van der Waals surface area contributed by atoms with Crippen LogP contribution in [0.1, 0.15) is 42.7 Å². The van der Waals surface area contributed by atoms with E-state index in [2.05, 4.69) is 25.8 Å². The van der Waals surface area contributed by atoms with Crippen LogP contribution < -0.4 is 10.6 Å². The Hall–Kier alpha value is -2.48. The molecule has 2 atom stereocenters. The number of aromatic nitrogens is 4. The van der Waals surface area contributed by atoms with Crippen molar-refractivity contribution < 1.29 is 4.79 Å². The summed E-state index contributed by atoms with van der Waals surface area (Å²) in [5, 5.41) is 17.2. The molecule has 1 aliphatic carbocycles. The standard InChI is InChI=1S/C16H18N6OS/c1-10(14-21-20-12-4-2-3-8-22(12)14)18-16(23)19-13(11-5-6-11)15-17-7-9-24-15/h2-4,7-11,13H,5-6H2,1H3,(H2,18,19,23)/t10-,13+/m1/s1. The number of fused-ring (bicyclic) bond motifs is 1. The first-order valence-corrected chi connectivity index (χ1v) is 8.86. The van der Waals surface area contributed by atoms with Gasteiger partial charge in [0.1, 0.15) is 5.01 Å². The molecule has 124 valence electrons. The number of nitrogens with zero attached hydrogens (tertiary/aromatic N) is 4. The first kappa shape index (κ1) is 15.1. The molecule has 0 aliphatic heterocycles. The van der Waals surface area contributed by atoms with Crippen LogP contribution in [0.25, 0.3) is 5.65 Å². The zero-order chi connectivity index (χ0) is 16.5. The van der Waals surface area contributed by atoms with Gasteiger partial charge in [-0.2, -0.15) is 0 Å². The van der Waals surface area contributed by atoms with Gasteiger partial charge in [-0.15, -0.1) is 21.5 Å². The van der Waals surface area contributed by atoms with E-state index in [1.165, 1.54) is 0 Å². The van der Waals surface area contributed by atoms with Gasteiger partial charge in [0.2, 0.25) is 0 Å². The minimum atomic E-state index is -0.251. The number of nitrogens with one attached hydrogen (secondary N) is 2. The third kappa shape index (κ3) is 2.96. The topological polar surface area (TPSA) is 84.2 Å². The minimum absolute atomic E-state index is 0.00709. The molecular formula is C16H18N6OS. The lowest BCUT2D eigenvalue weighted by atomic mass is 10.2. The summed E-state index contributed by atoms with van der Waals surface area (Å²) in [5.74, 6) is 1.20. The fourth-order valence-corrected chi connectivity index (χ4v) is 3.58. The van der Waals surface area contributed by atoms with Crippen LogP contribution in [0.2, 0.25) is 0 Å². The Balaban J connectivity index is 1.45. The van der Waals surface area contributed by atoms with Crippen LogP contribution in [0.4, 0.5) is 4.79 Å². The predicted octanol–water partition coefficient (Wildman–Crippen LogP) is 2.70. The highest BCUT2D eigenvalue weighted by Crippen LogP contribution is 2.41. The minimum Gasteiger partial charge on any atom is -0.329 e. The molecule has 0 unspecified atom stereocenters. The molecule has 1 fully saturated rings. The van der Waals surface area contributed by atoms with Crippen molar-refractivity contribution in [3.8, 4) is 0 Å². The molecule has 2 N–H and O–H groups in total. The third-order valence-corrected chi connectivity index (χ3v) is 5.03. The summed E-state index contributed by atoms with van der Waals surface area (Å²) in [5.41, 5.74) is 0.764. The van der Waals surface area contributed by atoms with E-state index >= 15 is 0 Å². The molecule has 24 heavy (non-hydrogen) atoms. The van der Waals surface area contributed by atoms with Crippen LogP contribution in [0.15, 0.2) is 36.0 Å². The van der Waals surface area contributed by atoms with E-state index in [0.717, 1.165) is 23.5 Å². The van der Waals surface area contributed by atoms with Crippen LogP contribution in [0, 0.1) is 5.92 Å². The Labute approximate surface area is 143 Å². The van der Waals surface area contributed by atoms with Gasteiger partial charge in [0.05, 0.1) is 12.1 Å². The Morgan fingerprint density at radius 3 is 2.96 bits per heavy atom. The number of carbonyl (C=O) groups is 1. The van der Waals surface area contributed by atoms with Crippen LogP contribution in [-0.2, 0) is 0 Å². The number of rotatable bonds is 5. The van der Waals surface area contributed by atoms with Gasteiger partial charge in [0.15, 0.2) is 11.5 Å². The predicted molar refractivity (Wildman–Crippen MR) is 90.6 cm³/mol. The largest absolute Gasteiger partial charge is 0.329 e. The highest BCUT2D eigenvalue weighted by molar-refractivity contribution is 7.09. The van der Waals surface area contributed by atoms with Crippen molar-refractivity contribution in [2.24, 2.45) is 5.92 Å². The van der Waals surface area contributed by atoms with Gasteiger partial charge >= 0.3 is 6.03 Å². The van der Waals surface area contributed by atoms with E-state index in [-0.39, 0.29) is 18.1 Å². The lowest BCUT2D eigenvalue weighted by molar-refractivity contribution is 0.232. The lowest BCUT2D eigenvalue weighted by Crippen LogP contribution is -2.40. The molecule has 0 radical (unpaired) electrons. The molecule has 0 aromatic carbocycles. The number of carbonyl (C=O) groups excluding carboxylic acids is 1. The van der Waals surface area contributed by atoms with Crippen molar-refractivity contribution in [1.29, 1.82) is 0 Å². The van der Waals surface area contributed by atoms with E-state index < -0.39 is 0 Å². The number of urea groups is 1. The smallest absolute Gasteiger partial charge is 0.315 e. The van der Waals surface area contributed by atoms with Crippen molar-refractivity contribution in [2.45, 2.75) is 31.8 Å². The van der Waals surface area contributed by atoms with E-state index in [1.807, 2.05) is 41.1 Å². The summed E-state index contributed by atoms with van der Waals surface area (Å²) in [6.45, 7) is 1.90. The first-order chi connectivity index (χ1) is 11.7. The van der Waals surface area contributed by atoms with Crippen molar-refractivity contribution in [3.63, 3.8) is 0 Å². The Morgan fingerprint density at radius 1 is 1.33 bits per heavy atom. The van der Waals surface area contributed by atoms with Crippen molar-refractivity contribution in [2.75, 3.05) is 0 Å². The SMILES string of the molecule is C[C@@H](NC(=O)N[C@H](c1nccs1)C1CC1)c1nnc2ccccn12. The molecule has 3 heterocycles. The Morgan fingerprint density at radius 2 is 2.21 bits per heavy atom. The number of amides is 2. The molecule has 3 aromatic heterocycles. The molecule has 1 aliphatic rings. The molecule has 0 spiro atoms. The second-order valence-electron chi connectivity index (χ2n) is 6.01. The quantitative estimate of drug-likeness (QED) is 0.747. The monoisotopic (exact) mass is 342 g/mol. The number of hydrogen-bond donors (Lipinski definition) is 2. The summed E-state index contributed by atoms with van der Waals surface area (Å²) in [6, 6.07) is 5.24. The zero-order valence-corrected chi connectivity index (χ0v) is 14.0. The highest BCUT2D eigenvalue weighted by atomic mass is 32.1. The van der Waals surface area contributed by atoms with E-state index in [4.69, 9.17) is 0 Å². The summed E-state index contributed by atoms with van der Waals surface area (Å²) in [6.07, 6.45) is 5.94. The second kappa shape index (κ2) is 6.20. The molecule has 1 saturated carbocycles. The van der Waals surface area contributed by atoms with Gasteiger partial charge in [-0.1, -0.05) is 6.07 Å². The van der Waals surface area contributed by atoms with Crippen LogP contribution in [0.3, 0.4) is 0 Å². The van der Waals surface area contributed by atoms with Crippen molar-refractivity contribution in [1.82, 2.24) is 30.2 Å². The average molecular weight is 342 g/mol. The summed E-state index contributed by atoms with van der Waals surface area (Å²) in [4.78, 5) is 16.8. The molecule has 0 bridgehead atoms. The number of hydrogen-bond acceptors (Lipinski definition) is 5. The molecular weight excluding hydrogens is 324 g/mol. The average Bonchev–Trinajstić information content (AvgIpc) is 3.11. The van der Waals surface area contributed by atoms with Gasteiger partial charge in [0, 0.05) is 17.8 Å². The fourth-order valence-electron chi connectivity index (χ4n) is 2.80. The molecule has 2 amide bonds. The molecule has 0 saturated heterocycles. The van der Waals surface area contributed by atoms with Crippen LogP contribution >= 0.6 is 11.3 Å². The van der Waals surface area contributed by atoms with Gasteiger partial charge in [-0.25, -0.2) is 9.78 Å². The Kier molecular flexibility index (Phi) is 3.89. The van der Waals surface area contributed by atoms with Crippen LogP contribution in [-0.4, -0.2) is 25.6 Å². The Bertz CT molecular complexity index is 841. The number of pyridine rings is 1. The first-order valence-electron chi connectivity index (χ1n) is 7.98. The van der Waals surface area contributed by atoms with Crippen molar-refractivity contribution >= 4 is 23.0 Å². The van der Waals surface area contributed by atoms with Gasteiger partial charge in [-0.3, -0.25) is 4.40 Å². The van der Waals surface area contributed by atoms with Crippen LogP contribution in [0.5, 0.6) is 0 Å². The third-order valence-electron chi connectivity index (χ3n) is 4.17.